The van der Waals surface area contributed by atoms with Crippen LogP contribution in [-0.2, 0) is 0 Å². The Morgan fingerprint density at radius 2 is 0.958 bits per heavy atom. The summed E-state index contributed by atoms with van der Waals surface area (Å²) in [6.07, 6.45) is 0. The Balaban J connectivity index is 1.27. The lowest BCUT2D eigenvalue weighted by atomic mass is 10.0. The molecule has 5 aromatic heterocycles. The van der Waals surface area contributed by atoms with Gasteiger partial charge in [0.05, 0.1) is 33.5 Å². The summed E-state index contributed by atoms with van der Waals surface area (Å²) in [7, 11) is 0. The van der Waals surface area contributed by atoms with E-state index in [1.54, 1.807) is 0 Å². The molecular formula is C41H23N5O2. The highest BCUT2D eigenvalue weighted by Gasteiger charge is 2.23. The Hall–Kier alpha value is -6.73. The van der Waals surface area contributed by atoms with Crippen molar-refractivity contribution in [3.8, 4) is 28.5 Å². The molecule has 0 aliphatic carbocycles. The van der Waals surface area contributed by atoms with Crippen molar-refractivity contribution in [1.29, 1.82) is 0 Å². The van der Waals surface area contributed by atoms with E-state index in [0.717, 1.165) is 94.2 Å². The van der Waals surface area contributed by atoms with E-state index < -0.39 is 0 Å². The van der Waals surface area contributed by atoms with Gasteiger partial charge in [-0.15, -0.1) is 0 Å². The van der Waals surface area contributed by atoms with E-state index in [9.17, 15) is 0 Å². The second-order valence-electron chi connectivity index (χ2n) is 12.1. The van der Waals surface area contributed by atoms with Gasteiger partial charge in [0, 0.05) is 32.7 Å². The number of para-hydroxylation sites is 8. The molecule has 0 radical (unpaired) electrons. The molecule has 5 heterocycles. The fourth-order valence-electron chi connectivity index (χ4n) is 7.26. The first-order valence-corrected chi connectivity index (χ1v) is 15.9. The van der Waals surface area contributed by atoms with Gasteiger partial charge in [-0.05, 0) is 54.6 Å². The smallest absolute Gasteiger partial charge is 0.238 e. The number of rotatable bonds is 3. The Kier molecular flexibility index (Phi) is 4.99. The average Bonchev–Trinajstić information content (AvgIpc) is 3.89. The first-order chi connectivity index (χ1) is 23.8. The zero-order valence-corrected chi connectivity index (χ0v) is 25.3. The third kappa shape index (κ3) is 3.44. The molecule has 0 atom stereocenters. The van der Waals surface area contributed by atoms with Crippen LogP contribution in [-0.4, -0.2) is 23.9 Å². The molecule has 11 aromatic rings. The minimum Gasteiger partial charge on any atom is -0.455 e. The summed E-state index contributed by atoms with van der Waals surface area (Å²) in [6.45, 7) is 0. The van der Waals surface area contributed by atoms with Gasteiger partial charge in [-0.2, -0.15) is 0 Å². The van der Waals surface area contributed by atoms with Gasteiger partial charge in [-0.1, -0.05) is 84.9 Å². The zero-order valence-electron chi connectivity index (χ0n) is 25.3. The Morgan fingerprint density at radius 1 is 0.438 bits per heavy atom. The minimum atomic E-state index is 0.505. The van der Waals surface area contributed by atoms with Crippen molar-refractivity contribution in [2.24, 2.45) is 0 Å². The lowest BCUT2D eigenvalue weighted by molar-refractivity contribution is 0.669. The van der Waals surface area contributed by atoms with Crippen LogP contribution in [0.4, 0.5) is 0 Å². The third-order valence-electron chi connectivity index (χ3n) is 9.38. The molecule has 0 bridgehead atoms. The van der Waals surface area contributed by atoms with Crippen LogP contribution in [0.1, 0.15) is 0 Å². The van der Waals surface area contributed by atoms with E-state index in [2.05, 4.69) is 75.7 Å². The fourth-order valence-corrected chi connectivity index (χ4v) is 7.26. The number of fused-ring (bicyclic) bond motifs is 11. The Labute approximate surface area is 271 Å². The molecule has 0 saturated carbocycles. The van der Waals surface area contributed by atoms with Gasteiger partial charge in [-0.3, -0.25) is 4.40 Å². The number of nitrogens with zero attached hydrogens (tertiary/aromatic N) is 5. The van der Waals surface area contributed by atoms with Gasteiger partial charge < -0.3 is 8.83 Å². The molecule has 0 aliphatic rings. The normalized spacial score (nSPS) is 12.2. The van der Waals surface area contributed by atoms with Crippen molar-refractivity contribution in [2.45, 2.75) is 0 Å². The highest BCUT2D eigenvalue weighted by Crippen LogP contribution is 2.39. The van der Waals surface area contributed by atoms with Crippen LogP contribution in [0.25, 0.3) is 100 Å². The number of benzene rings is 6. The largest absolute Gasteiger partial charge is 0.455 e. The van der Waals surface area contributed by atoms with Gasteiger partial charge in [0.2, 0.25) is 11.7 Å². The van der Waals surface area contributed by atoms with E-state index in [1.165, 1.54) is 0 Å². The summed E-state index contributed by atoms with van der Waals surface area (Å²) in [4.78, 5) is 15.7. The molecule has 7 nitrogen and oxygen atoms in total. The number of imidazole rings is 2. The molecule has 0 spiro atoms. The first kappa shape index (κ1) is 25.5. The van der Waals surface area contributed by atoms with Crippen molar-refractivity contribution in [3.63, 3.8) is 0 Å². The number of aromatic nitrogens is 5. The Morgan fingerprint density at radius 3 is 1.60 bits per heavy atom. The monoisotopic (exact) mass is 617 g/mol. The summed E-state index contributed by atoms with van der Waals surface area (Å²) in [5.74, 6) is 1.25. The summed E-state index contributed by atoms with van der Waals surface area (Å²) in [5, 5.41) is 4.21. The summed E-state index contributed by atoms with van der Waals surface area (Å²) in [5.41, 5.74) is 10.4. The topological polar surface area (TPSA) is 74.3 Å². The Bertz CT molecular complexity index is 2950. The number of hydrogen-bond donors (Lipinski definition) is 0. The maximum atomic E-state index is 6.50. The lowest BCUT2D eigenvalue weighted by Crippen LogP contribution is -2.04. The van der Waals surface area contributed by atoms with E-state index in [-0.39, 0.29) is 0 Å². The second kappa shape index (κ2) is 9.40. The molecule has 0 saturated heterocycles. The standard InChI is InChI=1S/C41H23N5O2/c1-7-21-36-24(11-1)26-13-9-15-28(38(26)47-36)31-23-32(29-16-10-14-27-25-12-2-8-22-37(25)48-39(27)29)43-40(42-31)46-35-20-6-5-19-34(35)45-33-18-4-3-17-30(33)44-41(45)46/h1-23H. The molecule has 0 fully saturated rings. The van der Waals surface area contributed by atoms with E-state index >= 15 is 0 Å². The molecule has 224 valence electrons. The molecule has 11 rings (SSSR count). The highest BCUT2D eigenvalue weighted by molar-refractivity contribution is 6.11. The first-order valence-electron chi connectivity index (χ1n) is 15.9. The maximum Gasteiger partial charge on any atom is 0.238 e. The van der Waals surface area contributed by atoms with Gasteiger partial charge in [0.1, 0.15) is 22.3 Å². The predicted octanol–water partition coefficient (Wildman–Crippen LogP) is 10.4. The predicted molar refractivity (Wildman–Crippen MR) is 191 cm³/mol. The van der Waals surface area contributed by atoms with Crippen LogP contribution in [0.2, 0.25) is 0 Å². The zero-order chi connectivity index (χ0) is 31.3. The lowest BCUT2D eigenvalue weighted by Gasteiger charge is -2.11. The van der Waals surface area contributed by atoms with E-state index in [0.29, 0.717) is 5.95 Å². The van der Waals surface area contributed by atoms with Crippen LogP contribution < -0.4 is 0 Å². The van der Waals surface area contributed by atoms with Crippen molar-refractivity contribution in [2.75, 3.05) is 0 Å². The van der Waals surface area contributed by atoms with E-state index in [1.807, 2.05) is 72.8 Å². The van der Waals surface area contributed by atoms with Crippen LogP contribution in [0.15, 0.2) is 148 Å². The molecular weight excluding hydrogens is 594 g/mol. The molecule has 48 heavy (non-hydrogen) atoms. The van der Waals surface area contributed by atoms with Gasteiger partial charge in [0.25, 0.3) is 0 Å². The van der Waals surface area contributed by atoms with Crippen LogP contribution in [0.5, 0.6) is 0 Å². The van der Waals surface area contributed by atoms with Crippen molar-refractivity contribution in [1.82, 2.24) is 23.9 Å². The molecule has 0 aliphatic heterocycles. The molecule has 0 unspecified atom stereocenters. The van der Waals surface area contributed by atoms with Gasteiger partial charge in [-0.25, -0.2) is 19.5 Å². The molecule has 0 amide bonds. The molecule has 0 N–H and O–H groups in total. The average molecular weight is 618 g/mol. The number of hydrogen-bond acceptors (Lipinski definition) is 5. The van der Waals surface area contributed by atoms with Crippen LogP contribution in [0.3, 0.4) is 0 Å². The fraction of sp³-hybridized carbons (Fsp3) is 0. The summed E-state index contributed by atoms with van der Waals surface area (Å²) in [6, 6.07) is 47.2. The van der Waals surface area contributed by atoms with Gasteiger partial charge >= 0.3 is 0 Å². The number of furan rings is 2. The van der Waals surface area contributed by atoms with Crippen LogP contribution >= 0.6 is 0 Å². The van der Waals surface area contributed by atoms with Crippen molar-refractivity contribution < 1.29 is 8.83 Å². The van der Waals surface area contributed by atoms with Gasteiger partial charge in [0.15, 0.2) is 0 Å². The highest BCUT2D eigenvalue weighted by atomic mass is 16.3. The SMILES string of the molecule is c1ccc2c(c1)nc1n(-c3nc(-c4cccc5c4oc4ccccc45)cc(-c4cccc5c4oc4ccccc45)n3)c3ccccc3n21. The quantitative estimate of drug-likeness (QED) is 0.197. The third-order valence-corrected chi connectivity index (χ3v) is 9.38. The maximum absolute atomic E-state index is 6.50. The minimum absolute atomic E-state index is 0.505. The second-order valence-corrected chi connectivity index (χ2v) is 12.1. The van der Waals surface area contributed by atoms with Crippen molar-refractivity contribution in [3.05, 3.63) is 140 Å². The van der Waals surface area contributed by atoms with Crippen LogP contribution in [0, 0.1) is 0 Å². The summed E-state index contributed by atoms with van der Waals surface area (Å²) >= 11 is 0. The van der Waals surface area contributed by atoms with E-state index in [4.69, 9.17) is 23.8 Å². The van der Waals surface area contributed by atoms with Crippen molar-refractivity contribution >= 4 is 71.7 Å². The summed E-state index contributed by atoms with van der Waals surface area (Å²) < 4.78 is 17.2. The molecule has 7 heteroatoms. The molecule has 6 aromatic carbocycles.